The van der Waals surface area contributed by atoms with Gasteiger partial charge in [0.05, 0.1) is 0 Å². The highest BCUT2D eigenvalue weighted by atomic mass is 16.6. The second-order valence-corrected chi connectivity index (χ2v) is 6.68. The van der Waals surface area contributed by atoms with Gasteiger partial charge in [0, 0.05) is 19.6 Å². The van der Waals surface area contributed by atoms with Crippen LogP contribution in [0.4, 0.5) is 4.79 Å². The molecule has 4 nitrogen and oxygen atoms in total. The average Bonchev–Trinajstić information content (AvgIpc) is 2.37. The van der Waals surface area contributed by atoms with Crippen LogP contribution in [0, 0.1) is 5.92 Å². The standard InChI is InChI=1S/C16H30N2O2/c1-6-13(2)11-17-12-14-7-9-18(10-8-14)15(19)20-16(3,4)5/h7,13,17H,6,8-12H2,1-5H3. The molecule has 116 valence electrons. The Kier molecular flexibility index (Phi) is 6.53. The lowest BCUT2D eigenvalue weighted by molar-refractivity contribution is 0.0265. The second-order valence-electron chi connectivity index (χ2n) is 6.68. The highest BCUT2D eigenvalue weighted by Gasteiger charge is 2.23. The number of nitrogens with zero attached hydrogens (tertiary/aromatic N) is 1. The highest BCUT2D eigenvalue weighted by Crippen LogP contribution is 2.15. The first kappa shape index (κ1) is 17.0. The topological polar surface area (TPSA) is 41.6 Å². The van der Waals surface area contributed by atoms with Crippen LogP contribution in [-0.2, 0) is 4.74 Å². The number of hydrogen-bond acceptors (Lipinski definition) is 3. The third kappa shape index (κ3) is 6.42. The summed E-state index contributed by atoms with van der Waals surface area (Å²) >= 11 is 0. The third-order valence-corrected chi connectivity index (χ3v) is 3.50. The molecule has 0 aromatic heterocycles. The molecule has 1 aliphatic heterocycles. The molecule has 0 saturated heterocycles. The Labute approximate surface area is 123 Å². The van der Waals surface area contributed by atoms with Gasteiger partial charge in [-0.1, -0.05) is 31.9 Å². The summed E-state index contributed by atoms with van der Waals surface area (Å²) in [6.45, 7) is 13.6. The third-order valence-electron chi connectivity index (χ3n) is 3.50. The Morgan fingerprint density at radius 3 is 2.70 bits per heavy atom. The maximum Gasteiger partial charge on any atom is 0.410 e. The number of amides is 1. The van der Waals surface area contributed by atoms with Gasteiger partial charge in [-0.25, -0.2) is 4.79 Å². The molecule has 4 heteroatoms. The van der Waals surface area contributed by atoms with Gasteiger partial charge in [0.1, 0.15) is 5.60 Å². The molecular weight excluding hydrogens is 252 g/mol. The lowest BCUT2D eigenvalue weighted by Gasteiger charge is -2.29. The molecule has 1 rings (SSSR count). The van der Waals surface area contributed by atoms with E-state index in [1.807, 2.05) is 20.8 Å². The fourth-order valence-electron chi connectivity index (χ4n) is 1.99. The van der Waals surface area contributed by atoms with Crippen molar-refractivity contribution in [3.8, 4) is 0 Å². The lowest BCUT2D eigenvalue weighted by Crippen LogP contribution is -2.40. The van der Waals surface area contributed by atoms with Crippen LogP contribution in [0.1, 0.15) is 47.5 Å². The number of hydrogen-bond donors (Lipinski definition) is 1. The van der Waals surface area contributed by atoms with Crippen molar-refractivity contribution in [3.63, 3.8) is 0 Å². The van der Waals surface area contributed by atoms with E-state index in [0.29, 0.717) is 6.54 Å². The van der Waals surface area contributed by atoms with Crippen LogP contribution in [-0.4, -0.2) is 42.8 Å². The van der Waals surface area contributed by atoms with Gasteiger partial charge < -0.3 is 15.0 Å². The molecule has 0 saturated carbocycles. The number of nitrogens with one attached hydrogen (secondary N) is 1. The SMILES string of the molecule is CCC(C)CNCC1=CCN(C(=O)OC(C)(C)C)CC1. The summed E-state index contributed by atoms with van der Waals surface area (Å²) in [5.41, 5.74) is 0.979. The van der Waals surface area contributed by atoms with Crippen LogP contribution in [0.15, 0.2) is 11.6 Å². The molecule has 0 spiro atoms. The molecule has 1 amide bonds. The smallest absolute Gasteiger partial charge is 0.410 e. The average molecular weight is 282 g/mol. The zero-order valence-corrected chi connectivity index (χ0v) is 13.7. The van der Waals surface area contributed by atoms with Crippen molar-refractivity contribution in [2.75, 3.05) is 26.2 Å². The first-order valence-corrected chi connectivity index (χ1v) is 7.68. The molecule has 1 atom stereocenters. The maximum atomic E-state index is 11.9. The van der Waals surface area contributed by atoms with Crippen molar-refractivity contribution in [1.82, 2.24) is 10.2 Å². The van der Waals surface area contributed by atoms with Gasteiger partial charge in [0.2, 0.25) is 0 Å². The van der Waals surface area contributed by atoms with E-state index in [9.17, 15) is 4.79 Å². The molecule has 1 aliphatic rings. The summed E-state index contributed by atoms with van der Waals surface area (Å²) in [4.78, 5) is 13.7. The first-order chi connectivity index (χ1) is 9.31. The normalized spacial score (nSPS) is 17.6. The van der Waals surface area contributed by atoms with E-state index in [1.165, 1.54) is 12.0 Å². The van der Waals surface area contributed by atoms with E-state index in [2.05, 4.69) is 25.2 Å². The predicted octanol–water partition coefficient (Wildman–Crippen LogP) is 3.19. The van der Waals surface area contributed by atoms with Crippen LogP contribution in [0.25, 0.3) is 0 Å². The molecular formula is C16H30N2O2. The van der Waals surface area contributed by atoms with Crippen LogP contribution in [0.5, 0.6) is 0 Å². The molecule has 0 radical (unpaired) electrons. The molecule has 0 aromatic carbocycles. The van der Waals surface area contributed by atoms with Gasteiger partial charge in [-0.2, -0.15) is 0 Å². The van der Waals surface area contributed by atoms with Crippen LogP contribution in [0.3, 0.4) is 0 Å². The summed E-state index contributed by atoms with van der Waals surface area (Å²) in [5, 5.41) is 3.49. The largest absolute Gasteiger partial charge is 0.444 e. The van der Waals surface area contributed by atoms with Crippen molar-refractivity contribution in [1.29, 1.82) is 0 Å². The number of carbonyl (C=O) groups excluding carboxylic acids is 1. The van der Waals surface area contributed by atoms with E-state index >= 15 is 0 Å². The summed E-state index contributed by atoms with van der Waals surface area (Å²) in [5.74, 6) is 0.720. The first-order valence-electron chi connectivity index (χ1n) is 7.68. The number of ether oxygens (including phenoxy) is 1. The second kappa shape index (κ2) is 7.67. The Bertz CT molecular complexity index is 345. The molecule has 0 aliphatic carbocycles. The van der Waals surface area contributed by atoms with Gasteiger partial charge in [0.25, 0.3) is 0 Å². The van der Waals surface area contributed by atoms with Crippen molar-refractivity contribution in [3.05, 3.63) is 11.6 Å². The van der Waals surface area contributed by atoms with E-state index in [-0.39, 0.29) is 6.09 Å². The van der Waals surface area contributed by atoms with Gasteiger partial charge in [-0.3, -0.25) is 0 Å². The van der Waals surface area contributed by atoms with E-state index in [1.54, 1.807) is 4.90 Å². The Hall–Kier alpha value is -1.03. The summed E-state index contributed by atoms with van der Waals surface area (Å²) in [7, 11) is 0. The van der Waals surface area contributed by atoms with Crippen molar-refractivity contribution in [2.45, 2.75) is 53.1 Å². The summed E-state index contributed by atoms with van der Waals surface area (Å²) in [6.07, 6.45) is 4.09. The minimum absolute atomic E-state index is 0.208. The van der Waals surface area contributed by atoms with Crippen molar-refractivity contribution >= 4 is 6.09 Å². The number of rotatable bonds is 5. The van der Waals surface area contributed by atoms with Gasteiger partial charge in [0.15, 0.2) is 0 Å². The minimum Gasteiger partial charge on any atom is -0.444 e. The summed E-state index contributed by atoms with van der Waals surface area (Å²) in [6, 6.07) is 0. The van der Waals surface area contributed by atoms with E-state index < -0.39 is 5.60 Å². The molecule has 20 heavy (non-hydrogen) atoms. The van der Waals surface area contributed by atoms with Crippen molar-refractivity contribution in [2.24, 2.45) is 5.92 Å². The molecule has 1 unspecified atom stereocenters. The summed E-state index contributed by atoms with van der Waals surface area (Å²) < 4.78 is 5.38. The van der Waals surface area contributed by atoms with Crippen LogP contribution >= 0.6 is 0 Å². The van der Waals surface area contributed by atoms with Gasteiger partial charge in [-0.15, -0.1) is 0 Å². The fourth-order valence-corrected chi connectivity index (χ4v) is 1.99. The van der Waals surface area contributed by atoms with E-state index in [4.69, 9.17) is 4.74 Å². The molecule has 0 bridgehead atoms. The van der Waals surface area contributed by atoms with Crippen molar-refractivity contribution < 1.29 is 9.53 Å². The van der Waals surface area contributed by atoms with Crippen LogP contribution in [0.2, 0.25) is 0 Å². The fraction of sp³-hybridized carbons (Fsp3) is 0.812. The zero-order valence-electron chi connectivity index (χ0n) is 13.7. The lowest BCUT2D eigenvalue weighted by atomic mass is 10.1. The number of carbonyl (C=O) groups is 1. The predicted molar refractivity (Wildman–Crippen MR) is 82.8 cm³/mol. The van der Waals surface area contributed by atoms with Gasteiger partial charge in [-0.05, 0) is 39.7 Å². The van der Waals surface area contributed by atoms with Crippen LogP contribution < -0.4 is 5.32 Å². The Balaban J connectivity index is 2.32. The monoisotopic (exact) mass is 282 g/mol. The zero-order chi connectivity index (χ0) is 15.2. The molecule has 0 fully saturated rings. The Morgan fingerprint density at radius 2 is 2.20 bits per heavy atom. The van der Waals surface area contributed by atoms with E-state index in [0.717, 1.165) is 32.0 Å². The molecule has 1 N–H and O–H groups in total. The quantitative estimate of drug-likeness (QED) is 0.787. The van der Waals surface area contributed by atoms with Gasteiger partial charge >= 0.3 is 6.09 Å². The minimum atomic E-state index is -0.418. The molecule has 1 heterocycles. The Morgan fingerprint density at radius 1 is 1.50 bits per heavy atom. The highest BCUT2D eigenvalue weighted by molar-refractivity contribution is 5.68. The molecule has 0 aromatic rings. The maximum absolute atomic E-state index is 11.9.